The normalized spacial score (nSPS) is 20.4. The number of fused-ring (bicyclic) bond motifs is 1. The summed E-state index contributed by atoms with van der Waals surface area (Å²) in [6.45, 7) is 1.53. The van der Waals surface area contributed by atoms with Gasteiger partial charge in [0.15, 0.2) is 5.82 Å². The molecule has 1 fully saturated rings. The van der Waals surface area contributed by atoms with E-state index in [2.05, 4.69) is 30.7 Å². The number of rotatable bonds is 2. The standard InChI is InChI=1S/C18H20BrFN4O/c19-12-7-8-13(14(20)11-12)18(25)23-10-4-5-15(23)17-22-21-16-6-2-1-3-9-24(16)17/h7-8,11,15H,1-6,9-10H2. The maximum absolute atomic E-state index is 14.2. The minimum atomic E-state index is -0.495. The molecule has 0 bridgehead atoms. The van der Waals surface area contributed by atoms with Crippen LogP contribution in [0.2, 0.25) is 0 Å². The molecule has 0 radical (unpaired) electrons. The van der Waals surface area contributed by atoms with Crippen molar-refractivity contribution in [3.63, 3.8) is 0 Å². The topological polar surface area (TPSA) is 51.0 Å². The van der Waals surface area contributed by atoms with Gasteiger partial charge in [-0.2, -0.15) is 0 Å². The van der Waals surface area contributed by atoms with Crippen molar-refractivity contribution < 1.29 is 9.18 Å². The van der Waals surface area contributed by atoms with Gasteiger partial charge in [0.1, 0.15) is 11.6 Å². The van der Waals surface area contributed by atoms with E-state index in [9.17, 15) is 9.18 Å². The Kier molecular flexibility index (Phi) is 4.58. The molecule has 0 saturated carbocycles. The highest BCUT2D eigenvalue weighted by atomic mass is 79.9. The molecular formula is C18H20BrFN4O. The molecule has 1 saturated heterocycles. The lowest BCUT2D eigenvalue weighted by Gasteiger charge is -2.25. The van der Waals surface area contributed by atoms with Crippen LogP contribution in [0.4, 0.5) is 4.39 Å². The van der Waals surface area contributed by atoms with Crippen LogP contribution in [0.15, 0.2) is 22.7 Å². The van der Waals surface area contributed by atoms with E-state index in [0.717, 1.165) is 50.3 Å². The zero-order valence-corrected chi connectivity index (χ0v) is 15.5. The Morgan fingerprint density at radius 3 is 2.88 bits per heavy atom. The number of nitrogens with zero attached hydrogens (tertiary/aromatic N) is 4. The highest BCUT2D eigenvalue weighted by molar-refractivity contribution is 9.10. The third-order valence-electron chi connectivity index (χ3n) is 5.11. The van der Waals surface area contributed by atoms with Crippen LogP contribution in [0.5, 0.6) is 0 Å². The average Bonchev–Trinajstić information content (AvgIpc) is 3.15. The summed E-state index contributed by atoms with van der Waals surface area (Å²) in [5, 5.41) is 8.75. The zero-order chi connectivity index (χ0) is 17.4. The second-order valence-corrected chi connectivity index (χ2v) is 7.63. The first-order valence-electron chi connectivity index (χ1n) is 8.83. The van der Waals surface area contributed by atoms with Gasteiger partial charge in [-0.15, -0.1) is 10.2 Å². The minimum absolute atomic E-state index is 0.116. The number of hydrogen-bond donors (Lipinski definition) is 0. The Morgan fingerprint density at radius 2 is 2.04 bits per heavy atom. The Balaban J connectivity index is 1.65. The maximum Gasteiger partial charge on any atom is 0.257 e. The van der Waals surface area contributed by atoms with Crippen molar-refractivity contribution in [3.05, 3.63) is 45.7 Å². The predicted molar refractivity (Wildman–Crippen MR) is 94.7 cm³/mol. The first-order chi connectivity index (χ1) is 12.1. The van der Waals surface area contributed by atoms with Crippen LogP contribution in [0.3, 0.4) is 0 Å². The molecule has 0 spiro atoms. The van der Waals surface area contributed by atoms with Crippen LogP contribution in [0, 0.1) is 5.82 Å². The molecule has 1 aromatic heterocycles. The van der Waals surface area contributed by atoms with Crippen LogP contribution >= 0.6 is 15.9 Å². The fraction of sp³-hybridized carbons (Fsp3) is 0.500. The van der Waals surface area contributed by atoms with Crippen LogP contribution in [0.25, 0.3) is 0 Å². The van der Waals surface area contributed by atoms with Gasteiger partial charge in [-0.05, 0) is 43.9 Å². The van der Waals surface area contributed by atoms with E-state index in [1.165, 1.54) is 12.5 Å². The molecule has 2 aromatic rings. The number of carbonyl (C=O) groups is 1. The smallest absolute Gasteiger partial charge is 0.257 e. The third-order valence-corrected chi connectivity index (χ3v) is 5.60. The van der Waals surface area contributed by atoms with Gasteiger partial charge >= 0.3 is 0 Å². The van der Waals surface area contributed by atoms with Crippen molar-refractivity contribution in [1.29, 1.82) is 0 Å². The second kappa shape index (κ2) is 6.86. The van der Waals surface area contributed by atoms with Crippen molar-refractivity contribution in [1.82, 2.24) is 19.7 Å². The van der Waals surface area contributed by atoms with Gasteiger partial charge in [0, 0.05) is 24.0 Å². The Morgan fingerprint density at radius 1 is 1.16 bits per heavy atom. The summed E-state index contributed by atoms with van der Waals surface area (Å²) in [6.07, 6.45) is 6.13. The number of carbonyl (C=O) groups excluding carboxylic acids is 1. The molecule has 132 valence electrons. The highest BCUT2D eigenvalue weighted by Gasteiger charge is 2.35. The number of likely N-dealkylation sites (tertiary alicyclic amines) is 1. The molecule has 5 nitrogen and oxygen atoms in total. The fourth-order valence-corrected chi connectivity index (χ4v) is 4.18. The van der Waals surface area contributed by atoms with E-state index in [1.807, 2.05) is 0 Å². The van der Waals surface area contributed by atoms with Crippen molar-refractivity contribution >= 4 is 21.8 Å². The molecular weight excluding hydrogens is 387 g/mol. The average molecular weight is 407 g/mol. The molecule has 1 unspecified atom stereocenters. The summed E-state index contributed by atoms with van der Waals surface area (Å²) in [6, 6.07) is 4.46. The van der Waals surface area contributed by atoms with Gasteiger partial charge in [-0.1, -0.05) is 22.4 Å². The zero-order valence-electron chi connectivity index (χ0n) is 13.9. The quantitative estimate of drug-likeness (QED) is 0.759. The van der Waals surface area contributed by atoms with Gasteiger partial charge in [-0.25, -0.2) is 4.39 Å². The summed E-state index contributed by atoms with van der Waals surface area (Å²) >= 11 is 3.23. The highest BCUT2D eigenvalue weighted by Crippen LogP contribution is 2.34. The van der Waals surface area contributed by atoms with E-state index >= 15 is 0 Å². The number of amides is 1. The molecule has 4 rings (SSSR count). The first kappa shape index (κ1) is 16.7. The van der Waals surface area contributed by atoms with Crippen molar-refractivity contribution in [3.8, 4) is 0 Å². The number of benzene rings is 1. The lowest BCUT2D eigenvalue weighted by atomic mass is 10.1. The third kappa shape index (κ3) is 3.10. The largest absolute Gasteiger partial charge is 0.328 e. The lowest BCUT2D eigenvalue weighted by Crippen LogP contribution is -2.32. The SMILES string of the molecule is O=C(c1ccc(Br)cc1F)N1CCCC1c1nnc2n1CCCCC2. The van der Waals surface area contributed by atoms with Crippen molar-refractivity contribution in [2.45, 2.75) is 51.1 Å². The van der Waals surface area contributed by atoms with Gasteiger partial charge in [0.05, 0.1) is 11.6 Å². The molecule has 0 aliphatic carbocycles. The Bertz CT molecular complexity index is 806. The molecule has 1 amide bonds. The molecule has 1 atom stereocenters. The summed E-state index contributed by atoms with van der Waals surface area (Å²) in [7, 11) is 0. The molecule has 3 heterocycles. The van der Waals surface area contributed by atoms with E-state index < -0.39 is 5.82 Å². The van der Waals surface area contributed by atoms with Gasteiger partial charge in [0.2, 0.25) is 0 Å². The van der Waals surface area contributed by atoms with Crippen molar-refractivity contribution in [2.24, 2.45) is 0 Å². The number of aryl methyl sites for hydroxylation is 1. The molecule has 2 aliphatic rings. The molecule has 7 heteroatoms. The maximum atomic E-state index is 14.2. The van der Waals surface area contributed by atoms with Crippen LogP contribution in [0.1, 0.15) is 60.2 Å². The van der Waals surface area contributed by atoms with Crippen molar-refractivity contribution in [2.75, 3.05) is 6.54 Å². The van der Waals surface area contributed by atoms with E-state index in [-0.39, 0.29) is 17.5 Å². The summed E-state index contributed by atoms with van der Waals surface area (Å²) in [5.41, 5.74) is 0.116. The second-order valence-electron chi connectivity index (χ2n) is 6.72. The van der Waals surface area contributed by atoms with Gasteiger partial charge in [0.25, 0.3) is 5.91 Å². The number of halogens is 2. The first-order valence-corrected chi connectivity index (χ1v) is 9.62. The Labute approximate surface area is 154 Å². The van der Waals surface area contributed by atoms with E-state index in [4.69, 9.17) is 0 Å². The molecule has 2 aliphatic heterocycles. The molecule has 1 aromatic carbocycles. The monoisotopic (exact) mass is 406 g/mol. The van der Waals surface area contributed by atoms with Gasteiger partial charge < -0.3 is 9.47 Å². The van der Waals surface area contributed by atoms with Crippen LogP contribution in [-0.2, 0) is 13.0 Å². The minimum Gasteiger partial charge on any atom is -0.328 e. The summed E-state index contributed by atoms with van der Waals surface area (Å²) in [5.74, 6) is 1.12. The number of hydrogen-bond acceptors (Lipinski definition) is 3. The molecule has 25 heavy (non-hydrogen) atoms. The van der Waals surface area contributed by atoms with Crippen LogP contribution in [-0.4, -0.2) is 32.1 Å². The Hall–Kier alpha value is -1.76. The summed E-state index contributed by atoms with van der Waals surface area (Å²) in [4.78, 5) is 14.7. The number of aromatic nitrogens is 3. The van der Waals surface area contributed by atoms with Crippen LogP contribution < -0.4 is 0 Å². The fourth-order valence-electron chi connectivity index (χ4n) is 3.85. The lowest BCUT2D eigenvalue weighted by molar-refractivity contribution is 0.0722. The van der Waals surface area contributed by atoms with Gasteiger partial charge in [-0.3, -0.25) is 4.79 Å². The molecule has 0 N–H and O–H groups in total. The predicted octanol–water partition coefficient (Wildman–Crippen LogP) is 3.88. The summed E-state index contributed by atoms with van der Waals surface area (Å²) < 4.78 is 17.0. The van der Waals surface area contributed by atoms with E-state index in [0.29, 0.717) is 11.0 Å². The van der Waals surface area contributed by atoms with E-state index in [1.54, 1.807) is 17.0 Å².